The van der Waals surface area contributed by atoms with Crippen molar-refractivity contribution in [1.82, 2.24) is 4.90 Å². The first kappa shape index (κ1) is 25.9. The molecule has 3 rings (SSSR count). The average molecular weight is 530 g/mol. The van der Waals surface area contributed by atoms with Gasteiger partial charge in [0.05, 0.1) is 5.56 Å². The van der Waals surface area contributed by atoms with Gasteiger partial charge >= 0.3 is 12.1 Å². The van der Waals surface area contributed by atoms with Crippen molar-refractivity contribution in [2.45, 2.75) is 71.6 Å². The fourth-order valence-electron chi connectivity index (χ4n) is 3.88. The van der Waals surface area contributed by atoms with Gasteiger partial charge in [0, 0.05) is 17.4 Å². The van der Waals surface area contributed by atoms with Gasteiger partial charge in [-0.15, -0.1) is 0 Å². The number of rotatable bonds is 4. The van der Waals surface area contributed by atoms with Crippen molar-refractivity contribution in [3.8, 4) is 0 Å². The van der Waals surface area contributed by atoms with Crippen LogP contribution in [0.3, 0.4) is 0 Å². The number of hydrogen-bond donors (Lipinski definition) is 0. The molecule has 1 aliphatic rings. The van der Waals surface area contributed by atoms with Crippen molar-refractivity contribution in [3.05, 3.63) is 69.2 Å². The highest BCUT2D eigenvalue weighted by Crippen LogP contribution is 2.36. The number of ether oxygens (including phenoxy) is 2. The maximum atomic E-state index is 13.6. The number of benzene rings is 2. The van der Waals surface area contributed by atoms with Gasteiger partial charge in [0.2, 0.25) is 0 Å². The largest absolute Gasteiger partial charge is 0.456 e. The van der Waals surface area contributed by atoms with Gasteiger partial charge in [0.1, 0.15) is 17.2 Å². The summed E-state index contributed by atoms with van der Waals surface area (Å²) in [4.78, 5) is 40.4. The second-order valence-electron chi connectivity index (χ2n) is 10.5. The Labute approximate surface area is 209 Å². The highest BCUT2D eigenvalue weighted by atomic mass is 79.9. The molecule has 0 spiro atoms. The van der Waals surface area contributed by atoms with Crippen LogP contribution >= 0.6 is 15.9 Å². The normalized spacial score (nSPS) is 16.0. The van der Waals surface area contributed by atoms with Crippen molar-refractivity contribution in [2.24, 2.45) is 0 Å². The first-order valence-electron chi connectivity index (χ1n) is 11.4. The molecule has 0 N–H and O–H groups in total. The minimum absolute atomic E-state index is 0.116. The molecular formula is C27H32BrNO5. The van der Waals surface area contributed by atoms with Crippen LogP contribution in [-0.4, -0.2) is 40.5 Å². The Bertz CT molecular complexity index is 1080. The molecule has 182 valence electrons. The van der Waals surface area contributed by atoms with Gasteiger partial charge in [-0.3, -0.25) is 9.69 Å². The van der Waals surface area contributed by atoms with E-state index in [1.807, 2.05) is 59.7 Å². The van der Waals surface area contributed by atoms with Gasteiger partial charge in [0.25, 0.3) is 0 Å². The lowest BCUT2D eigenvalue weighted by Crippen LogP contribution is -2.46. The number of carbonyl (C=O) groups is 3. The number of esters is 1. The predicted octanol–water partition coefficient (Wildman–Crippen LogP) is 6.05. The van der Waals surface area contributed by atoms with Crippen molar-refractivity contribution in [3.63, 3.8) is 0 Å². The third-order valence-corrected chi connectivity index (χ3v) is 6.01. The zero-order valence-electron chi connectivity index (χ0n) is 20.6. The van der Waals surface area contributed by atoms with Crippen molar-refractivity contribution < 1.29 is 23.9 Å². The SMILES string of the molecule is CC(C)(C)OC(=O)c1ccc(CC(=O)C2c3cccc(Br)c3CCN2C(=O)OC(C)(C)C)cc1. The van der Waals surface area contributed by atoms with Crippen molar-refractivity contribution >= 4 is 33.8 Å². The van der Waals surface area contributed by atoms with Gasteiger partial charge in [-0.1, -0.05) is 40.2 Å². The van der Waals surface area contributed by atoms with E-state index in [0.29, 0.717) is 18.5 Å². The summed E-state index contributed by atoms with van der Waals surface area (Å²) in [6.45, 7) is 11.3. The van der Waals surface area contributed by atoms with Crippen LogP contribution in [0.5, 0.6) is 0 Å². The fraction of sp³-hybridized carbons (Fsp3) is 0.444. The lowest BCUT2D eigenvalue weighted by Gasteiger charge is -2.37. The van der Waals surface area contributed by atoms with Crippen LogP contribution in [0.4, 0.5) is 4.79 Å². The first-order chi connectivity index (χ1) is 15.7. The highest BCUT2D eigenvalue weighted by Gasteiger charge is 2.38. The molecule has 0 aromatic heterocycles. The molecule has 6 nitrogen and oxygen atoms in total. The standard InChI is InChI=1S/C27H32BrNO5/c1-26(2,3)33-24(31)18-12-10-17(11-13-18)16-22(30)23-20-8-7-9-21(28)19(20)14-15-29(23)25(32)34-27(4,5)6/h7-13,23H,14-16H2,1-6H3. The second-order valence-corrected chi connectivity index (χ2v) is 11.3. The molecule has 1 amide bonds. The van der Waals surface area contributed by atoms with E-state index in [-0.39, 0.29) is 12.2 Å². The van der Waals surface area contributed by atoms with Gasteiger partial charge in [-0.05, 0) is 82.9 Å². The smallest absolute Gasteiger partial charge is 0.411 e. The van der Waals surface area contributed by atoms with Crippen LogP contribution in [0.25, 0.3) is 0 Å². The summed E-state index contributed by atoms with van der Waals surface area (Å²) in [6, 6.07) is 11.8. The average Bonchev–Trinajstić information content (AvgIpc) is 2.71. The fourth-order valence-corrected chi connectivity index (χ4v) is 4.46. The van der Waals surface area contributed by atoms with Gasteiger partial charge < -0.3 is 9.47 Å². The van der Waals surface area contributed by atoms with E-state index in [2.05, 4.69) is 15.9 Å². The third-order valence-electron chi connectivity index (χ3n) is 5.26. The van der Waals surface area contributed by atoms with E-state index in [0.717, 1.165) is 21.2 Å². The summed E-state index contributed by atoms with van der Waals surface area (Å²) in [7, 11) is 0. The van der Waals surface area contributed by atoms with E-state index in [1.54, 1.807) is 24.3 Å². The van der Waals surface area contributed by atoms with Crippen LogP contribution in [0.1, 0.15) is 74.6 Å². The maximum absolute atomic E-state index is 13.6. The maximum Gasteiger partial charge on any atom is 0.411 e. The van der Waals surface area contributed by atoms with Crippen molar-refractivity contribution in [1.29, 1.82) is 0 Å². The topological polar surface area (TPSA) is 72.9 Å². The van der Waals surface area contributed by atoms with E-state index in [1.165, 1.54) is 4.90 Å². The van der Waals surface area contributed by atoms with E-state index < -0.39 is 29.3 Å². The molecule has 0 aliphatic carbocycles. The van der Waals surface area contributed by atoms with E-state index in [9.17, 15) is 14.4 Å². The summed E-state index contributed by atoms with van der Waals surface area (Å²) >= 11 is 3.58. The molecule has 7 heteroatoms. The zero-order valence-corrected chi connectivity index (χ0v) is 22.2. The number of carbonyl (C=O) groups excluding carboxylic acids is 3. The van der Waals surface area contributed by atoms with Crippen LogP contribution in [0, 0.1) is 0 Å². The number of hydrogen-bond acceptors (Lipinski definition) is 5. The Balaban J connectivity index is 1.85. The Morgan fingerprint density at radius 2 is 1.56 bits per heavy atom. The highest BCUT2D eigenvalue weighted by molar-refractivity contribution is 9.10. The number of nitrogens with zero attached hydrogens (tertiary/aromatic N) is 1. The summed E-state index contributed by atoms with van der Waals surface area (Å²) < 4.78 is 11.9. The molecule has 0 saturated heterocycles. The zero-order chi connectivity index (χ0) is 25.3. The Kier molecular flexibility index (Phi) is 7.56. The number of Topliss-reactive ketones (excluding diaryl/α,β-unsaturated/α-hetero) is 1. The molecule has 34 heavy (non-hydrogen) atoms. The minimum atomic E-state index is -0.748. The first-order valence-corrected chi connectivity index (χ1v) is 12.2. The Morgan fingerprint density at radius 3 is 2.15 bits per heavy atom. The third kappa shape index (κ3) is 6.47. The van der Waals surface area contributed by atoms with Gasteiger partial charge in [-0.2, -0.15) is 0 Å². The molecule has 0 saturated carbocycles. The molecule has 1 unspecified atom stereocenters. The molecule has 2 aromatic rings. The van der Waals surface area contributed by atoms with Crippen LogP contribution in [-0.2, 0) is 27.1 Å². The summed E-state index contributed by atoms with van der Waals surface area (Å²) in [5.74, 6) is -0.525. The second kappa shape index (κ2) is 9.90. The minimum Gasteiger partial charge on any atom is -0.456 e. The molecular weight excluding hydrogens is 498 g/mol. The summed E-state index contributed by atoms with van der Waals surface area (Å²) in [5, 5.41) is 0. The lowest BCUT2D eigenvalue weighted by molar-refractivity contribution is -0.124. The van der Waals surface area contributed by atoms with Gasteiger partial charge in [0.15, 0.2) is 5.78 Å². The van der Waals surface area contributed by atoms with Crippen LogP contribution in [0.2, 0.25) is 0 Å². The molecule has 0 radical (unpaired) electrons. The Morgan fingerprint density at radius 1 is 0.941 bits per heavy atom. The van der Waals surface area contributed by atoms with Crippen LogP contribution < -0.4 is 0 Å². The summed E-state index contributed by atoms with van der Waals surface area (Å²) in [5.41, 5.74) is 1.76. The summed E-state index contributed by atoms with van der Waals surface area (Å²) in [6.07, 6.45) is 0.242. The van der Waals surface area contributed by atoms with E-state index >= 15 is 0 Å². The monoisotopic (exact) mass is 529 g/mol. The molecule has 0 fully saturated rings. The lowest BCUT2D eigenvalue weighted by atomic mass is 9.88. The molecule has 1 heterocycles. The number of fused-ring (bicyclic) bond motifs is 1. The predicted molar refractivity (Wildman–Crippen MR) is 134 cm³/mol. The molecule has 2 aromatic carbocycles. The number of halogens is 1. The molecule has 1 atom stereocenters. The number of ketones is 1. The quantitative estimate of drug-likeness (QED) is 0.450. The van der Waals surface area contributed by atoms with E-state index in [4.69, 9.17) is 9.47 Å². The van der Waals surface area contributed by atoms with Crippen molar-refractivity contribution in [2.75, 3.05) is 6.54 Å². The molecule has 0 bridgehead atoms. The van der Waals surface area contributed by atoms with Crippen LogP contribution in [0.15, 0.2) is 46.9 Å². The molecule has 1 aliphatic heterocycles. The number of amides is 1. The Hall–Kier alpha value is -2.67. The van der Waals surface area contributed by atoms with Gasteiger partial charge in [-0.25, -0.2) is 9.59 Å².